The lowest BCUT2D eigenvalue weighted by molar-refractivity contribution is 0.189. The summed E-state index contributed by atoms with van der Waals surface area (Å²) in [5, 5.41) is 10.6. The molecule has 0 aliphatic carbocycles. The first-order chi connectivity index (χ1) is 10.7. The molecule has 0 heterocycles. The third-order valence-corrected chi connectivity index (χ3v) is 9.62. The van der Waals surface area contributed by atoms with Crippen LogP contribution >= 0.6 is 0 Å². The van der Waals surface area contributed by atoms with E-state index in [9.17, 15) is 5.11 Å². The average Bonchev–Trinajstić information content (AvgIpc) is 2.43. The van der Waals surface area contributed by atoms with Crippen LogP contribution in [0.15, 0.2) is 36.4 Å². The van der Waals surface area contributed by atoms with Crippen molar-refractivity contribution in [3.8, 4) is 0 Å². The molecule has 1 atom stereocenters. The standard InChI is InChI=1S/C21H36O2Si/c1-16(15-23-24(8,9)21(5,6)7)19(22)14-17-10-12-18(13-11-17)20(2,3)4/h10-13,19,22H,1,14-15H2,2-9H3. The van der Waals surface area contributed by atoms with Gasteiger partial charge in [0.25, 0.3) is 0 Å². The van der Waals surface area contributed by atoms with Crippen LogP contribution < -0.4 is 0 Å². The van der Waals surface area contributed by atoms with Crippen LogP contribution in [0.2, 0.25) is 18.1 Å². The second kappa shape index (κ2) is 7.55. The predicted molar refractivity (Wildman–Crippen MR) is 107 cm³/mol. The normalized spacial score (nSPS) is 14.5. The van der Waals surface area contributed by atoms with E-state index in [1.807, 2.05) is 0 Å². The van der Waals surface area contributed by atoms with Gasteiger partial charge in [-0.05, 0) is 40.2 Å². The van der Waals surface area contributed by atoms with Gasteiger partial charge in [0.15, 0.2) is 8.32 Å². The Balaban J connectivity index is 2.62. The highest BCUT2D eigenvalue weighted by molar-refractivity contribution is 6.74. The van der Waals surface area contributed by atoms with Crippen molar-refractivity contribution in [2.75, 3.05) is 6.61 Å². The first kappa shape index (κ1) is 21.1. The summed E-state index contributed by atoms with van der Waals surface area (Å²) in [6, 6.07) is 8.51. The van der Waals surface area contributed by atoms with Crippen LogP contribution in [0.5, 0.6) is 0 Å². The zero-order chi connectivity index (χ0) is 18.8. The van der Waals surface area contributed by atoms with Crippen molar-refractivity contribution in [3.05, 3.63) is 47.5 Å². The number of aliphatic hydroxyl groups excluding tert-OH is 1. The third-order valence-electron chi connectivity index (χ3n) is 5.14. The van der Waals surface area contributed by atoms with Crippen molar-refractivity contribution >= 4 is 8.32 Å². The van der Waals surface area contributed by atoms with Gasteiger partial charge in [-0.15, -0.1) is 0 Å². The molecule has 2 nitrogen and oxygen atoms in total. The van der Waals surface area contributed by atoms with E-state index in [2.05, 4.69) is 85.5 Å². The van der Waals surface area contributed by atoms with E-state index >= 15 is 0 Å². The average molecular weight is 349 g/mol. The van der Waals surface area contributed by atoms with Gasteiger partial charge in [0.1, 0.15) is 0 Å². The molecule has 0 bridgehead atoms. The fraction of sp³-hybridized carbons (Fsp3) is 0.619. The summed E-state index contributed by atoms with van der Waals surface area (Å²) >= 11 is 0. The van der Waals surface area contributed by atoms with Crippen LogP contribution in [0, 0.1) is 0 Å². The zero-order valence-corrected chi connectivity index (χ0v) is 17.9. The number of rotatable bonds is 6. The van der Waals surface area contributed by atoms with Crippen LogP contribution in [0.1, 0.15) is 52.7 Å². The van der Waals surface area contributed by atoms with E-state index in [0.717, 1.165) is 11.1 Å². The Morgan fingerprint density at radius 2 is 1.58 bits per heavy atom. The SMILES string of the molecule is C=C(CO[Si](C)(C)C(C)(C)C)C(O)Cc1ccc(C(C)(C)C)cc1. The Morgan fingerprint density at radius 1 is 1.08 bits per heavy atom. The third kappa shape index (κ3) is 5.87. The molecule has 0 fully saturated rings. The Kier molecular flexibility index (Phi) is 6.65. The maximum atomic E-state index is 10.4. The quantitative estimate of drug-likeness (QED) is 0.546. The van der Waals surface area contributed by atoms with Gasteiger partial charge in [-0.3, -0.25) is 0 Å². The summed E-state index contributed by atoms with van der Waals surface area (Å²) < 4.78 is 6.16. The fourth-order valence-electron chi connectivity index (χ4n) is 2.09. The Bertz CT molecular complexity index is 545. The minimum absolute atomic E-state index is 0.151. The van der Waals surface area contributed by atoms with E-state index in [0.29, 0.717) is 13.0 Å². The van der Waals surface area contributed by atoms with Gasteiger partial charge >= 0.3 is 0 Å². The van der Waals surface area contributed by atoms with Crippen molar-refractivity contribution in [2.24, 2.45) is 0 Å². The lowest BCUT2D eigenvalue weighted by Gasteiger charge is -2.36. The number of aliphatic hydroxyl groups is 1. The molecule has 0 saturated heterocycles. The van der Waals surface area contributed by atoms with Gasteiger partial charge in [0.2, 0.25) is 0 Å². The maximum Gasteiger partial charge on any atom is 0.192 e. The molecule has 0 spiro atoms. The molecular formula is C21H36O2Si. The van der Waals surface area contributed by atoms with Gasteiger partial charge in [-0.1, -0.05) is 72.4 Å². The summed E-state index contributed by atoms with van der Waals surface area (Å²) in [6.07, 6.45) is 0.0275. The molecule has 1 aromatic rings. The summed E-state index contributed by atoms with van der Waals surface area (Å²) in [6.45, 7) is 22.2. The number of hydrogen-bond acceptors (Lipinski definition) is 2. The molecule has 1 rings (SSSR count). The first-order valence-electron chi connectivity index (χ1n) is 8.83. The molecule has 0 aliphatic rings. The van der Waals surface area contributed by atoms with Gasteiger partial charge in [-0.25, -0.2) is 0 Å². The van der Waals surface area contributed by atoms with Gasteiger partial charge < -0.3 is 9.53 Å². The minimum atomic E-state index is -1.81. The highest BCUT2D eigenvalue weighted by atomic mass is 28.4. The van der Waals surface area contributed by atoms with E-state index < -0.39 is 14.4 Å². The van der Waals surface area contributed by atoms with Crippen LogP contribution in [-0.2, 0) is 16.3 Å². The second-order valence-electron chi connectivity index (χ2n) is 9.37. The van der Waals surface area contributed by atoms with E-state index in [1.165, 1.54) is 5.56 Å². The van der Waals surface area contributed by atoms with Crippen LogP contribution in [0.4, 0.5) is 0 Å². The van der Waals surface area contributed by atoms with Crippen molar-refractivity contribution in [3.63, 3.8) is 0 Å². The highest BCUT2D eigenvalue weighted by Gasteiger charge is 2.37. The highest BCUT2D eigenvalue weighted by Crippen LogP contribution is 2.36. The monoisotopic (exact) mass is 348 g/mol. The van der Waals surface area contributed by atoms with Crippen LogP contribution in [0.3, 0.4) is 0 Å². The van der Waals surface area contributed by atoms with E-state index in [-0.39, 0.29) is 10.5 Å². The molecule has 1 aromatic carbocycles. The Hall–Kier alpha value is -0.903. The summed E-state index contributed by atoms with van der Waals surface area (Å²) in [5.41, 5.74) is 3.35. The van der Waals surface area contributed by atoms with Gasteiger partial charge in [-0.2, -0.15) is 0 Å². The van der Waals surface area contributed by atoms with Crippen molar-refractivity contribution in [1.82, 2.24) is 0 Å². The molecule has 136 valence electrons. The molecule has 24 heavy (non-hydrogen) atoms. The molecule has 0 radical (unpaired) electrons. The van der Waals surface area contributed by atoms with Gasteiger partial charge in [0.05, 0.1) is 12.7 Å². The molecule has 1 N–H and O–H groups in total. The van der Waals surface area contributed by atoms with Gasteiger partial charge in [0, 0.05) is 6.42 Å². The van der Waals surface area contributed by atoms with E-state index in [1.54, 1.807) is 0 Å². The number of hydrogen-bond donors (Lipinski definition) is 1. The second-order valence-corrected chi connectivity index (χ2v) is 14.2. The largest absolute Gasteiger partial charge is 0.413 e. The molecule has 0 saturated carbocycles. The lowest BCUT2D eigenvalue weighted by atomic mass is 9.86. The molecular weight excluding hydrogens is 312 g/mol. The van der Waals surface area contributed by atoms with Crippen LogP contribution in [-0.4, -0.2) is 26.1 Å². The van der Waals surface area contributed by atoms with Crippen molar-refractivity contribution < 1.29 is 9.53 Å². The topological polar surface area (TPSA) is 29.5 Å². The van der Waals surface area contributed by atoms with Crippen LogP contribution in [0.25, 0.3) is 0 Å². The molecule has 0 amide bonds. The smallest absolute Gasteiger partial charge is 0.192 e. The predicted octanol–water partition coefficient (Wildman–Crippen LogP) is 5.47. The maximum absolute atomic E-state index is 10.4. The molecule has 3 heteroatoms. The van der Waals surface area contributed by atoms with Crippen molar-refractivity contribution in [1.29, 1.82) is 0 Å². The Labute approximate surface area is 150 Å². The zero-order valence-electron chi connectivity index (χ0n) is 16.9. The summed E-state index contributed by atoms with van der Waals surface area (Å²) in [5.74, 6) is 0. The fourth-order valence-corrected chi connectivity index (χ4v) is 3.07. The Morgan fingerprint density at radius 3 is 2.00 bits per heavy atom. The molecule has 0 aromatic heterocycles. The summed E-state index contributed by atoms with van der Waals surface area (Å²) in [4.78, 5) is 0. The minimum Gasteiger partial charge on any atom is -0.413 e. The van der Waals surface area contributed by atoms with Crippen molar-refractivity contribution in [2.45, 2.75) is 77.6 Å². The first-order valence-corrected chi connectivity index (χ1v) is 11.7. The lowest BCUT2D eigenvalue weighted by Crippen LogP contribution is -2.41. The molecule has 0 aliphatic heterocycles. The van der Waals surface area contributed by atoms with E-state index in [4.69, 9.17) is 4.43 Å². The number of benzene rings is 1. The molecule has 1 unspecified atom stereocenters. The summed E-state index contributed by atoms with van der Waals surface area (Å²) in [7, 11) is -1.81.